The average molecular weight is 383 g/mol. The van der Waals surface area contributed by atoms with E-state index in [0.717, 1.165) is 32.1 Å². The summed E-state index contributed by atoms with van der Waals surface area (Å²) in [5, 5.41) is 13.4. The number of aliphatic hydroxyl groups is 1. The average Bonchev–Trinajstić information content (AvgIpc) is 2.71. The standard InChI is InChI=1S/C22H29N3O3/c1-22(15-25-20(27)18-13-23-21(28-2)24-14-18)10-6-9-19(26)11-17(12-22)16-7-4-3-5-8-16/h3-5,7-8,13-14,17,19,26H,6,9-12,15H2,1-2H3,(H,25,27)/t17-,19+,22+/m0/s1. The van der Waals surface area contributed by atoms with Crippen LogP contribution in [0, 0.1) is 5.41 Å². The van der Waals surface area contributed by atoms with Gasteiger partial charge in [0.15, 0.2) is 0 Å². The molecule has 0 unspecified atom stereocenters. The molecule has 28 heavy (non-hydrogen) atoms. The van der Waals surface area contributed by atoms with Crippen LogP contribution in [-0.4, -0.2) is 40.7 Å². The van der Waals surface area contributed by atoms with Crippen molar-refractivity contribution in [2.45, 2.75) is 51.0 Å². The van der Waals surface area contributed by atoms with Crippen molar-refractivity contribution in [1.29, 1.82) is 0 Å². The van der Waals surface area contributed by atoms with Crippen LogP contribution in [0.2, 0.25) is 0 Å². The number of nitrogens with zero attached hydrogens (tertiary/aromatic N) is 2. The number of rotatable bonds is 5. The van der Waals surface area contributed by atoms with Crippen LogP contribution in [-0.2, 0) is 0 Å². The third-order valence-electron chi connectivity index (χ3n) is 5.63. The third kappa shape index (κ3) is 5.29. The molecule has 2 aromatic rings. The minimum absolute atomic E-state index is 0.0381. The molecule has 150 valence electrons. The highest BCUT2D eigenvalue weighted by molar-refractivity contribution is 5.93. The van der Waals surface area contributed by atoms with E-state index in [1.807, 2.05) is 18.2 Å². The predicted molar refractivity (Wildman–Crippen MR) is 107 cm³/mol. The number of methoxy groups -OCH3 is 1. The van der Waals surface area contributed by atoms with Crippen LogP contribution < -0.4 is 10.1 Å². The summed E-state index contributed by atoms with van der Waals surface area (Å²) in [5.74, 6) is 0.102. The van der Waals surface area contributed by atoms with Crippen LogP contribution in [0.25, 0.3) is 0 Å². The van der Waals surface area contributed by atoms with Crippen molar-refractivity contribution < 1.29 is 14.6 Å². The zero-order valence-electron chi connectivity index (χ0n) is 16.6. The topological polar surface area (TPSA) is 84.3 Å². The van der Waals surface area contributed by atoms with E-state index in [9.17, 15) is 9.90 Å². The van der Waals surface area contributed by atoms with Crippen molar-refractivity contribution in [2.24, 2.45) is 5.41 Å². The summed E-state index contributed by atoms with van der Waals surface area (Å²) >= 11 is 0. The number of benzene rings is 1. The molecular weight excluding hydrogens is 354 g/mol. The highest BCUT2D eigenvalue weighted by atomic mass is 16.5. The van der Waals surface area contributed by atoms with Gasteiger partial charge in [0.2, 0.25) is 0 Å². The number of ether oxygens (including phenoxy) is 1. The number of nitrogens with one attached hydrogen (secondary N) is 1. The van der Waals surface area contributed by atoms with Gasteiger partial charge in [0.25, 0.3) is 5.91 Å². The summed E-state index contributed by atoms with van der Waals surface area (Å²) in [4.78, 5) is 20.5. The molecule has 3 atom stereocenters. The lowest BCUT2D eigenvalue weighted by atomic mass is 9.71. The first-order valence-corrected chi connectivity index (χ1v) is 9.86. The Kier molecular flexibility index (Phi) is 6.62. The van der Waals surface area contributed by atoms with Gasteiger partial charge in [-0.15, -0.1) is 0 Å². The Balaban J connectivity index is 1.68. The SMILES string of the molecule is COc1ncc(C(=O)NC[C@]2(C)CCC[C@@H](O)C[C@H](c3ccccc3)C2)cn1. The van der Waals surface area contributed by atoms with E-state index in [1.54, 1.807) is 0 Å². The molecule has 0 bridgehead atoms. The number of aliphatic hydroxyl groups excluding tert-OH is 1. The van der Waals surface area contributed by atoms with Crippen LogP contribution in [0.4, 0.5) is 0 Å². The first kappa shape index (κ1) is 20.3. The van der Waals surface area contributed by atoms with Gasteiger partial charge in [0.05, 0.1) is 18.8 Å². The fraction of sp³-hybridized carbons (Fsp3) is 0.500. The van der Waals surface area contributed by atoms with Gasteiger partial charge < -0.3 is 15.2 Å². The first-order valence-electron chi connectivity index (χ1n) is 9.86. The number of aromatic nitrogens is 2. The molecule has 1 aliphatic carbocycles. The monoisotopic (exact) mass is 383 g/mol. The Hall–Kier alpha value is -2.47. The number of carbonyl (C=O) groups is 1. The van der Waals surface area contributed by atoms with Gasteiger partial charge in [0.1, 0.15) is 0 Å². The molecule has 1 aromatic carbocycles. The molecule has 1 amide bonds. The molecule has 3 rings (SSSR count). The molecule has 1 aromatic heterocycles. The summed E-state index contributed by atoms with van der Waals surface area (Å²) in [6.07, 6.45) is 7.11. The largest absolute Gasteiger partial charge is 0.467 e. The second kappa shape index (κ2) is 9.15. The quantitative estimate of drug-likeness (QED) is 0.827. The van der Waals surface area contributed by atoms with E-state index in [4.69, 9.17) is 4.74 Å². The number of amides is 1. The Bertz CT molecular complexity index is 766. The fourth-order valence-electron chi connectivity index (χ4n) is 4.07. The molecule has 0 radical (unpaired) electrons. The molecule has 6 heteroatoms. The van der Waals surface area contributed by atoms with E-state index >= 15 is 0 Å². The third-order valence-corrected chi connectivity index (χ3v) is 5.63. The second-order valence-electron chi connectivity index (χ2n) is 8.05. The maximum Gasteiger partial charge on any atom is 0.316 e. The van der Waals surface area contributed by atoms with Crippen molar-refractivity contribution in [3.63, 3.8) is 0 Å². The number of hydrogen-bond donors (Lipinski definition) is 2. The van der Waals surface area contributed by atoms with Crippen LogP contribution >= 0.6 is 0 Å². The Labute approximate surface area is 166 Å². The second-order valence-corrected chi connectivity index (χ2v) is 8.05. The van der Waals surface area contributed by atoms with Crippen molar-refractivity contribution in [3.8, 4) is 6.01 Å². The molecule has 1 fully saturated rings. The molecule has 1 saturated carbocycles. The summed E-state index contributed by atoms with van der Waals surface area (Å²) in [6, 6.07) is 10.6. The van der Waals surface area contributed by atoms with Gasteiger partial charge in [-0.1, -0.05) is 43.7 Å². The number of hydrogen-bond acceptors (Lipinski definition) is 5. The maximum atomic E-state index is 12.5. The van der Waals surface area contributed by atoms with Crippen LogP contribution in [0.1, 0.15) is 60.9 Å². The van der Waals surface area contributed by atoms with Crippen molar-refractivity contribution >= 4 is 5.91 Å². The summed E-state index contributed by atoms with van der Waals surface area (Å²) < 4.78 is 4.93. The molecular formula is C22H29N3O3. The minimum atomic E-state index is -0.263. The highest BCUT2D eigenvalue weighted by Gasteiger charge is 2.32. The van der Waals surface area contributed by atoms with E-state index in [2.05, 4.69) is 34.3 Å². The summed E-state index contributed by atoms with van der Waals surface area (Å²) in [6.45, 7) is 2.81. The Morgan fingerprint density at radius 1 is 1.29 bits per heavy atom. The molecule has 0 aliphatic heterocycles. The lowest BCUT2D eigenvalue weighted by Gasteiger charge is -2.37. The fourth-order valence-corrected chi connectivity index (χ4v) is 4.07. The van der Waals surface area contributed by atoms with Gasteiger partial charge in [-0.3, -0.25) is 4.79 Å². The van der Waals surface area contributed by atoms with Crippen molar-refractivity contribution in [3.05, 3.63) is 53.9 Å². The highest BCUT2D eigenvalue weighted by Crippen LogP contribution is 2.40. The van der Waals surface area contributed by atoms with Crippen LogP contribution in [0.3, 0.4) is 0 Å². The van der Waals surface area contributed by atoms with Crippen molar-refractivity contribution in [2.75, 3.05) is 13.7 Å². The Morgan fingerprint density at radius 3 is 2.68 bits per heavy atom. The lowest BCUT2D eigenvalue weighted by molar-refractivity contribution is 0.0866. The smallest absolute Gasteiger partial charge is 0.316 e. The number of carbonyl (C=O) groups excluding carboxylic acids is 1. The maximum absolute atomic E-state index is 12.5. The molecule has 6 nitrogen and oxygen atoms in total. The summed E-state index contributed by atoms with van der Waals surface area (Å²) in [5.41, 5.74) is 1.64. The van der Waals surface area contributed by atoms with Crippen LogP contribution in [0.5, 0.6) is 6.01 Å². The van der Waals surface area contributed by atoms with Gasteiger partial charge in [-0.05, 0) is 42.6 Å². The van der Waals surface area contributed by atoms with Gasteiger partial charge in [-0.25, -0.2) is 9.97 Å². The van der Waals surface area contributed by atoms with Crippen LogP contribution in [0.15, 0.2) is 42.7 Å². The van der Waals surface area contributed by atoms with Gasteiger partial charge in [-0.2, -0.15) is 0 Å². The van der Waals surface area contributed by atoms with E-state index in [-0.39, 0.29) is 29.4 Å². The molecule has 2 N–H and O–H groups in total. The lowest BCUT2D eigenvalue weighted by Crippen LogP contribution is -2.38. The zero-order valence-corrected chi connectivity index (χ0v) is 16.6. The van der Waals surface area contributed by atoms with E-state index in [1.165, 1.54) is 25.1 Å². The molecule has 0 saturated heterocycles. The summed E-state index contributed by atoms with van der Waals surface area (Å²) in [7, 11) is 1.49. The van der Waals surface area contributed by atoms with Gasteiger partial charge >= 0.3 is 6.01 Å². The van der Waals surface area contributed by atoms with Gasteiger partial charge in [0, 0.05) is 18.9 Å². The van der Waals surface area contributed by atoms with E-state index < -0.39 is 0 Å². The molecule has 0 spiro atoms. The van der Waals surface area contributed by atoms with E-state index in [0.29, 0.717) is 12.1 Å². The zero-order chi connectivity index (χ0) is 20.0. The molecule has 1 aliphatic rings. The first-order chi connectivity index (χ1) is 13.5. The normalized spacial score (nSPS) is 25.4. The predicted octanol–water partition coefficient (Wildman–Crippen LogP) is 3.33. The Morgan fingerprint density at radius 2 is 2.00 bits per heavy atom. The van der Waals surface area contributed by atoms with Crippen molar-refractivity contribution in [1.82, 2.24) is 15.3 Å². The molecule has 1 heterocycles. The minimum Gasteiger partial charge on any atom is -0.467 e.